The first-order valence-electron chi connectivity index (χ1n) is 8.46. The Morgan fingerprint density at radius 2 is 1.92 bits per heavy atom. The predicted octanol–water partition coefficient (Wildman–Crippen LogP) is 3.76. The Hall–Kier alpha value is -2.69. The molecule has 2 aromatic rings. The Labute approximate surface area is 146 Å². The molecular formula is C20H21FN2O2. The summed E-state index contributed by atoms with van der Waals surface area (Å²) in [6.45, 7) is 2.73. The highest BCUT2D eigenvalue weighted by Crippen LogP contribution is 2.19. The number of halogens is 1. The molecule has 0 saturated carbocycles. The van der Waals surface area contributed by atoms with Gasteiger partial charge in [-0.15, -0.1) is 0 Å². The van der Waals surface area contributed by atoms with Crippen molar-refractivity contribution in [3.8, 4) is 0 Å². The molecule has 130 valence electrons. The molecule has 25 heavy (non-hydrogen) atoms. The van der Waals surface area contributed by atoms with E-state index in [0.717, 1.165) is 16.8 Å². The zero-order valence-electron chi connectivity index (χ0n) is 14.2. The standard InChI is InChI=1S/C20H21FN2O2/c1-2-20(24)23(13-15-8-10-17(21)11-9-15)14-18-12-19(22-25-18)16-6-4-3-5-7-16/h3-11,18H,2,12-14H2,1H3/t18-/m1/s1. The number of carbonyl (C=O) groups is 1. The van der Waals surface area contributed by atoms with Crippen LogP contribution in [0.4, 0.5) is 4.39 Å². The van der Waals surface area contributed by atoms with Gasteiger partial charge in [-0.3, -0.25) is 4.79 Å². The van der Waals surface area contributed by atoms with Crippen LogP contribution in [0.2, 0.25) is 0 Å². The van der Waals surface area contributed by atoms with Crippen LogP contribution in [0.3, 0.4) is 0 Å². The molecule has 3 rings (SSSR count). The molecule has 1 aliphatic rings. The van der Waals surface area contributed by atoms with E-state index in [0.29, 0.717) is 25.9 Å². The van der Waals surface area contributed by atoms with Crippen LogP contribution in [0, 0.1) is 5.82 Å². The summed E-state index contributed by atoms with van der Waals surface area (Å²) in [5, 5.41) is 4.17. The van der Waals surface area contributed by atoms with Gasteiger partial charge in [0.15, 0.2) is 6.10 Å². The summed E-state index contributed by atoms with van der Waals surface area (Å²) in [7, 11) is 0. The highest BCUT2D eigenvalue weighted by Gasteiger charge is 2.26. The van der Waals surface area contributed by atoms with E-state index in [1.54, 1.807) is 17.0 Å². The average molecular weight is 340 g/mol. The minimum absolute atomic E-state index is 0.0427. The van der Waals surface area contributed by atoms with Gasteiger partial charge >= 0.3 is 0 Å². The van der Waals surface area contributed by atoms with Crippen molar-refractivity contribution in [1.82, 2.24) is 4.90 Å². The van der Waals surface area contributed by atoms with Gasteiger partial charge in [0.05, 0.1) is 12.3 Å². The second-order valence-corrected chi connectivity index (χ2v) is 6.09. The van der Waals surface area contributed by atoms with Gasteiger partial charge in [0.25, 0.3) is 0 Å². The molecule has 4 nitrogen and oxygen atoms in total. The first-order valence-corrected chi connectivity index (χ1v) is 8.46. The van der Waals surface area contributed by atoms with E-state index in [9.17, 15) is 9.18 Å². The Kier molecular flexibility index (Phi) is 5.43. The zero-order chi connectivity index (χ0) is 17.6. The van der Waals surface area contributed by atoms with E-state index in [-0.39, 0.29) is 17.8 Å². The maximum atomic E-state index is 13.1. The number of hydrogen-bond acceptors (Lipinski definition) is 3. The molecule has 1 amide bonds. The quantitative estimate of drug-likeness (QED) is 0.803. The van der Waals surface area contributed by atoms with Crippen LogP contribution in [-0.2, 0) is 16.2 Å². The van der Waals surface area contributed by atoms with Crippen LogP contribution in [0.15, 0.2) is 59.8 Å². The van der Waals surface area contributed by atoms with Crippen molar-refractivity contribution in [3.05, 3.63) is 71.5 Å². The maximum absolute atomic E-state index is 13.1. The van der Waals surface area contributed by atoms with E-state index >= 15 is 0 Å². The molecule has 0 spiro atoms. The first-order chi connectivity index (χ1) is 12.2. The third kappa shape index (κ3) is 4.44. The van der Waals surface area contributed by atoms with Gasteiger partial charge in [-0.2, -0.15) is 0 Å². The molecule has 5 heteroatoms. The van der Waals surface area contributed by atoms with Crippen LogP contribution in [0.25, 0.3) is 0 Å². The molecule has 1 atom stereocenters. The molecule has 0 saturated heterocycles. The van der Waals surface area contributed by atoms with Gasteiger partial charge in [-0.25, -0.2) is 4.39 Å². The first kappa shape index (κ1) is 17.1. The molecule has 0 aliphatic carbocycles. The number of carbonyl (C=O) groups excluding carboxylic acids is 1. The summed E-state index contributed by atoms with van der Waals surface area (Å²) < 4.78 is 13.1. The second kappa shape index (κ2) is 7.92. The summed E-state index contributed by atoms with van der Waals surface area (Å²) >= 11 is 0. The monoisotopic (exact) mass is 340 g/mol. The lowest BCUT2D eigenvalue weighted by Crippen LogP contribution is -2.36. The largest absolute Gasteiger partial charge is 0.390 e. The lowest BCUT2D eigenvalue weighted by atomic mass is 10.0. The van der Waals surface area contributed by atoms with Gasteiger partial charge in [-0.1, -0.05) is 54.5 Å². The third-order valence-electron chi connectivity index (χ3n) is 4.21. The number of nitrogens with zero attached hydrogens (tertiary/aromatic N) is 2. The van der Waals surface area contributed by atoms with Gasteiger partial charge < -0.3 is 9.74 Å². The van der Waals surface area contributed by atoms with Gasteiger partial charge in [0.1, 0.15) is 5.82 Å². The molecule has 0 unspecified atom stereocenters. The lowest BCUT2D eigenvalue weighted by molar-refractivity contribution is -0.133. The zero-order valence-corrected chi connectivity index (χ0v) is 14.2. The molecule has 2 aromatic carbocycles. The summed E-state index contributed by atoms with van der Waals surface area (Å²) in [6, 6.07) is 16.1. The number of oxime groups is 1. The van der Waals surface area contributed by atoms with Gasteiger partial charge in [-0.05, 0) is 23.3 Å². The molecule has 1 heterocycles. The van der Waals surface area contributed by atoms with Crippen molar-refractivity contribution in [3.63, 3.8) is 0 Å². The fraction of sp³-hybridized carbons (Fsp3) is 0.300. The van der Waals surface area contributed by atoms with Crippen molar-refractivity contribution in [2.75, 3.05) is 6.54 Å². The maximum Gasteiger partial charge on any atom is 0.222 e. The van der Waals surface area contributed by atoms with Gasteiger partial charge in [0.2, 0.25) is 5.91 Å². The Morgan fingerprint density at radius 3 is 2.60 bits per heavy atom. The predicted molar refractivity (Wildman–Crippen MR) is 94.6 cm³/mol. The number of rotatable bonds is 6. The summed E-state index contributed by atoms with van der Waals surface area (Å²) in [5.74, 6) is -0.238. The fourth-order valence-electron chi connectivity index (χ4n) is 2.86. The van der Waals surface area contributed by atoms with Crippen molar-refractivity contribution < 1.29 is 14.0 Å². The smallest absolute Gasteiger partial charge is 0.222 e. The molecule has 1 aliphatic heterocycles. The van der Waals surface area contributed by atoms with Crippen LogP contribution in [-0.4, -0.2) is 29.2 Å². The average Bonchev–Trinajstić information content (AvgIpc) is 3.11. The summed E-state index contributed by atoms with van der Waals surface area (Å²) in [6.07, 6.45) is 0.924. The minimum Gasteiger partial charge on any atom is -0.390 e. The molecule has 0 aromatic heterocycles. The van der Waals surface area contributed by atoms with Crippen molar-refractivity contribution in [2.45, 2.75) is 32.4 Å². The van der Waals surface area contributed by atoms with Crippen LogP contribution in [0.5, 0.6) is 0 Å². The molecule has 0 bridgehead atoms. The number of amides is 1. The Morgan fingerprint density at radius 1 is 1.20 bits per heavy atom. The molecule has 0 fully saturated rings. The van der Waals surface area contributed by atoms with E-state index in [1.165, 1.54) is 12.1 Å². The van der Waals surface area contributed by atoms with Gasteiger partial charge in [0, 0.05) is 19.4 Å². The fourth-order valence-corrected chi connectivity index (χ4v) is 2.86. The highest BCUT2D eigenvalue weighted by molar-refractivity contribution is 6.01. The van der Waals surface area contributed by atoms with E-state index in [2.05, 4.69) is 5.16 Å². The lowest BCUT2D eigenvalue weighted by Gasteiger charge is -2.24. The van der Waals surface area contributed by atoms with Crippen LogP contribution < -0.4 is 0 Å². The molecular weight excluding hydrogens is 319 g/mol. The summed E-state index contributed by atoms with van der Waals surface area (Å²) in [5.41, 5.74) is 2.83. The topological polar surface area (TPSA) is 41.9 Å². The second-order valence-electron chi connectivity index (χ2n) is 6.09. The SMILES string of the molecule is CCC(=O)N(Cc1ccc(F)cc1)C[C@H]1CC(c2ccccc2)=NO1. The number of hydrogen-bond donors (Lipinski definition) is 0. The van der Waals surface area contributed by atoms with E-state index < -0.39 is 0 Å². The molecule has 0 N–H and O–H groups in total. The van der Waals surface area contributed by atoms with E-state index in [4.69, 9.17) is 4.84 Å². The Bertz CT molecular complexity index is 744. The minimum atomic E-state index is -0.280. The van der Waals surface area contributed by atoms with Crippen LogP contribution in [0.1, 0.15) is 30.9 Å². The van der Waals surface area contributed by atoms with Crippen molar-refractivity contribution in [2.24, 2.45) is 5.16 Å². The van der Waals surface area contributed by atoms with Crippen molar-refractivity contribution >= 4 is 11.6 Å². The molecule has 0 radical (unpaired) electrons. The normalized spacial score (nSPS) is 16.2. The van der Waals surface area contributed by atoms with E-state index in [1.807, 2.05) is 37.3 Å². The number of benzene rings is 2. The third-order valence-corrected chi connectivity index (χ3v) is 4.21. The van der Waals surface area contributed by atoms with Crippen LogP contribution >= 0.6 is 0 Å². The highest BCUT2D eigenvalue weighted by atomic mass is 19.1. The van der Waals surface area contributed by atoms with Crippen molar-refractivity contribution in [1.29, 1.82) is 0 Å². The Balaban J connectivity index is 1.63. The summed E-state index contributed by atoms with van der Waals surface area (Å²) in [4.78, 5) is 19.6.